The Morgan fingerprint density at radius 3 is 2.92 bits per heavy atom. The molecule has 1 aromatic carbocycles. The van der Waals surface area contributed by atoms with E-state index in [2.05, 4.69) is 30.5 Å². The molecule has 26 heavy (non-hydrogen) atoms. The second-order valence-electron chi connectivity index (χ2n) is 5.70. The molecule has 0 unspecified atom stereocenters. The summed E-state index contributed by atoms with van der Waals surface area (Å²) in [6.45, 7) is 2.75. The van der Waals surface area contributed by atoms with Gasteiger partial charge in [-0.15, -0.1) is 0 Å². The van der Waals surface area contributed by atoms with Gasteiger partial charge in [-0.3, -0.25) is 0 Å². The highest BCUT2D eigenvalue weighted by molar-refractivity contribution is 5.99. The van der Waals surface area contributed by atoms with Gasteiger partial charge < -0.3 is 19.4 Å². The molecular weight excluding hydrogens is 334 g/mol. The average molecular weight is 353 g/mol. The van der Waals surface area contributed by atoms with Gasteiger partial charge in [0.25, 0.3) is 5.95 Å². The van der Waals surface area contributed by atoms with Crippen LogP contribution in [0.15, 0.2) is 35.6 Å². The van der Waals surface area contributed by atoms with E-state index in [0.29, 0.717) is 25.1 Å². The minimum atomic E-state index is 0.242. The maximum Gasteiger partial charge on any atom is 0.322 e. The zero-order chi connectivity index (χ0) is 17.8. The number of aromatic nitrogens is 4. The van der Waals surface area contributed by atoms with Crippen molar-refractivity contribution < 1.29 is 9.47 Å². The molecule has 0 bridgehead atoms. The van der Waals surface area contributed by atoms with Gasteiger partial charge in [0.05, 0.1) is 26.5 Å². The summed E-state index contributed by atoms with van der Waals surface area (Å²) in [6.07, 6.45) is 3.63. The lowest BCUT2D eigenvalue weighted by molar-refractivity contribution is 0.122. The Labute approximate surface area is 150 Å². The second kappa shape index (κ2) is 7.36. The van der Waals surface area contributed by atoms with Crippen LogP contribution < -0.4 is 15.1 Å². The summed E-state index contributed by atoms with van der Waals surface area (Å²) in [5.41, 5.74) is 4.89. The van der Waals surface area contributed by atoms with E-state index >= 15 is 0 Å². The number of morpholine rings is 1. The van der Waals surface area contributed by atoms with Crippen LogP contribution in [0.2, 0.25) is 0 Å². The number of para-hydroxylation sites is 1. The first kappa shape index (κ1) is 16.3. The molecule has 0 atom stereocenters. The molecule has 134 valence electrons. The Balaban J connectivity index is 1.53. The predicted molar refractivity (Wildman–Crippen MR) is 98.9 cm³/mol. The number of hydrogen-bond acceptors (Lipinski definition) is 8. The highest BCUT2D eigenvalue weighted by Crippen LogP contribution is 2.17. The summed E-state index contributed by atoms with van der Waals surface area (Å²) in [5, 5.41) is 5.35. The van der Waals surface area contributed by atoms with Crippen molar-refractivity contribution >= 4 is 29.0 Å². The standard InChI is InChI=1S/C17H19N7O2/c1-25-17-21-15(20-16(22-17)24-6-8-26-9-7-24)23-19-11-12-10-18-14-5-3-2-4-13(12)14/h2-5,10-11,18H,6-9H2,1H3,(H,20,21,22,23). The molecule has 2 N–H and O–H groups in total. The van der Waals surface area contributed by atoms with E-state index < -0.39 is 0 Å². The van der Waals surface area contributed by atoms with Crippen LogP contribution >= 0.6 is 0 Å². The van der Waals surface area contributed by atoms with Crippen LogP contribution in [0.3, 0.4) is 0 Å². The summed E-state index contributed by atoms with van der Waals surface area (Å²) in [4.78, 5) is 18.2. The molecule has 1 aliphatic rings. The maximum atomic E-state index is 5.36. The highest BCUT2D eigenvalue weighted by atomic mass is 16.5. The Hall–Kier alpha value is -3.20. The van der Waals surface area contributed by atoms with Gasteiger partial charge in [0.2, 0.25) is 5.95 Å². The van der Waals surface area contributed by atoms with Gasteiger partial charge in [0.15, 0.2) is 0 Å². The quantitative estimate of drug-likeness (QED) is 0.531. The van der Waals surface area contributed by atoms with E-state index in [1.165, 1.54) is 7.11 Å². The zero-order valence-corrected chi connectivity index (χ0v) is 14.3. The number of anilines is 2. The van der Waals surface area contributed by atoms with Crippen LogP contribution in [0, 0.1) is 0 Å². The largest absolute Gasteiger partial charge is 0.467 e. The Bertz CT molecular complexity index is 918. The molecule has 1 aliphatic heterocycles. The van der Waals surface area contributed by atoms with E-state index in [1.807, 2.05) is 35.4 Å². The van der Waals surface area contributed by atoms with Crippen molar-refractivity contribution in [3.8, 4) is 6.01 Å². The Morgan fingerprint density at radius 2 is 2.08 bits per heavy atom. The molecule has 0 amide bonds. The number of rotatable bonds is 5. The summed E-state index contributed by atoms with van der Waals surface area (Å²) < 4.78 is 10.5. The van der Waals surface area contributed by atoms with Gasteiger partial charge in [-0.1, -0.05) is 18.2 Å². The molecule has 1 fully saturated rings. The fourth-order valence-corrected chi connectivity index (χ4v) is 2.75. The third-order valence-electron chi connectivity index (χ3n) is 4.07. The van der Waals surface area contributed by atoms with Crippen LogP contribution in [0.4, 0.5) is 11.9 Å². The molecular formula is C17H19N7O2. The fraction of sp³-hybridized carbons (Fsp3) is 0.294. The number of ether oxygens (including phenoxy) is 2. The van der Waals surface area contributed by atoms with Gasteiger partial charge in [-0.25, -0.2) is 5.43 Å². The summed E-state index contributed by atoms with van der Waals surface area (Å²) >= 11 is 0. The molecule has 0 saturated carbocycles. The number of hydrogen-bond donors (Lipinski definition) is 2. The molecule has 9 heteroatoms. The first-order valence-electron chi connectivity index (χ1n) is 8.31. The van der Waals surface area contributed by atoms with Crippen molar-refractivity contribution in [2.45, 2.75) is 0 Å². The van der Waals surface area contributed by atoms with E-state index in [0.717, 1.165) is 29.6 Å². The molecule has 1 saturated heterocycles. The number of hydrazone groups is 1. The average Bonchev–Trinajstić information content (AvgIpc) is 3.12. The number of aromatic amines is 1. The van der Waals surface area contributed by atoms with Crippen LogP contribution in [-0.4, -0.2) is 59.6 Å². The number of nitrogens with zero attached hydrogens (tertiary/aromatic N) is 5. The van der Waals surface area contributed by atoms with Crippen LogP contribution in [0.25, 0.3) is 10.9 Å². The number of H-pyrrole nitrogens is 1. The number of benzene rings is 1. The fourth-order valence-electron chi connectivity index (χ4n) is 2.75. The third kappa shape index (κ3) is 3.42. The molecule has 4 rings (SSSR count). The number of fused-ring (bicyclic) bond motifs is 1. The van der Waals surface area contributed by atoms with Gasteiger partial charge in [0.1, 0.15) is 0 Å². The summed E-state index contributed by atoms with van der Waals surface area (Å²) in [5.74, 6) is 0.874. The smallest absolute Gasteiger partial charge is 0.322 e. The van der Waals surface area contributed by atoms with Crippen molar-refractivity contribution in [2.24, 2.45) is 5.10 Å². The lowest BCUT2D eigenvalue weighted by Crippen LogP contribution is -2.37. The van der Waals surface area contributed by atoms with E-state index in [4.69, 9.17) is 9.47 Å². The highest BCUT2D eigenvalue weighted by Gasteiger charge is 2.16. The SMILES string of the molecule is COc1nc(NN=Cc2c[nH]c3ccccc23)nc(N2CCOCC2)n1. The Morgan fingerprint density at radius 1 is 1.23 bits per heavy atom. The minimum Gasteiger partial charge on any atom is -0.467 e. The van der Waals surface area contributed by atoms with Crippen molar-refractivity contribution in [1.82, 2.24) is 19.9 Å². The van der Waals surface area contributed by atoms with Crippen LogP contribution in [-0.2, 0) is 4.74 Å². The summed E-state index contributed by atoms with van der Waals surface area (Å²) in [7, 11) is 1.53. The predicted octanol–water partition coefficient (Wildman–Crippen LogP) is 1.64. The first-order chi connectivity index (χ1) is 12.8. The molecule has 3 aromatic rings. The zero-order valence-electron chi connectivity index (χ0n) is 14.3. The van der Waals surface area contributed by atoms with Crippen molar-refractivity contribution in [3.05, 3.63) is 36.0 Å². The third-order valence-corrected chi connectivity index (χ3v) is 4.07. The van der Waals surface area contributed by atoms with Gasteiger partial charge in [-0.2, -0.15) is 20.1 Å². The van der Waals surface area contributed by atoms with Crippen LogP contribution in [0.5, 0.6) is 6.01 Å². The van der Waals surface area contributed by atoms with E-state index in [1.54, 1.807) is 6.21 Å². The lowest BCUT2D eigenvalue weighted by atomic mass is 10.2. The first-order valence-corrected chi connectivity index (χ1v) is 8.31. The van der Waals surface area contributed by atoms with Crippen LogP contribution in [0.1, 0.15) is 5.56 Å². The monoisotopic (exact) mass is 353 g/mol. The molecule has 3 heterocycles. The van der Waals surface area contributed by atoms with Gasteiger partial charge in [0, 0.05) is 35.8 Å². The van der Waals surface area contributed by atoms with E-state index in [-0.39, 0.29) is 6.01 Å². The minimum absolute atomic E-state index is 0.242. The molecule has 0 radical (unpaired) electrons. The number of methoxy groups -OCH3 is 1. The molecule has 0 aliphatic carbocycles. The van der Waals surface area contributed by atoms with Gasteiger partial charge >= 0.3 is 6.01 Å². The second-order valence-corrected chi connectivity index (χ2v) is 5.70. The summed E-state index contributed by atoms with van der Waals surface area (Å²) in [6, 6.07) is 8.28. The van der Waals surface area contributed by atoms with E-state index in [9.17, 15) is 0 Å². The molecule has 9 nitrogen and oxygen atoms in total. The lowest BCUT2D eigenvalue weighted by Gasteiger charge is -2.26. The molecule has 0 spiro atoms. The van der Waals surface area contributed by atoms with Crippen molar-refractivity contribution in [2.75, 3.05) is 43.7 Å². The molecule has 2 aromatic heterocycles. The normalized spacial score (nSPS) is 14.9. The number of nitrogens with one attached hydrogen (secondary N) is 2. The van der Waals surface area contributed by atoms with Crippen molar-refractivity contribution in [1.29, 1.82) is 0 Å². The topological polar surface area (TPSA) is 101 Å². The Kier molecular flexibility index (Phi) is 4.61. The maximum absolute atomic E-state index is 5.36. The van der Waals surface area contributed by atoms with Crippen molar-refractivity contribution in [3.63, 3.8) is 0 Å². The van der Waals surface area contributed by atoms with Gasteiger partial charge in [-0.05, 0) is 6.07 Å².